The van der Waals surface area contributed by atoms with Crippen LogP contribution in [0.3, 0.4) is 0 Å². The highest BCUT2D eigenvalue weighted by Gasteiger charge is 2.26. The Hall–Kier alpha value is -1.95. The van der Waals surface area contributed by atoms with Crippen LogP contribution in [0.15, 0.2) is 40.4 Å². The van der Waals surface area contributed by atoms with E-state index in [2.05, 4.69) is 25.6 Å². The molecular formula is C17H20N6O2S3. The first-order valence-electron chi connectivity index (χ1n) is 8.73. The number of hydrogen-bond donors (Lipinski definition) is 3. The molecule has 0 radical (unpaired) electrons. The number of nitrogens with two attached hydrogens (primary N) is 1. The fraction of sp³-hybridized carbons (Fsp3) is 0.353. The number of benzene rings is 1. The third kappa shape index (κ3) is 4.37. The molecule has 2 heterocycles. The monoisotopic (exact) mass is 436 g/mol. The van der Waals surface area contributed by atoms with Gasteiger partial charge in [-0.2, -0.15) is 0 Å². The van der Waals surface area contributed by atoms with Crippen molar-refractivity contribution >= 4 is 54.4 Å². The highest BCUT2D eigenvalue weighted by molar-refractivity contribution is 7.98. The van der Waals surface area contributed by atoms with Gasteiger partial charge in [0.15, 0.2) is 5.13 Å². The molecule has 0 spiro atoms. The van der Waals surface area contributed by atoms with Gasteiger partial charge in [-0.25, -0.2) is 28.5 Å². The molecule has 3 aromatic rings. The number of anilines is 2. The lowest BCUT2D eigenvalue weighted by molar-refractivity contribution is 0.598. The number of aromatic nitrogens is 3. The van der Waals surface area contributed by atoms with Crippen molar-refractivity contribution in [1.82, 2.24) is 15.0 Å². The number of rotatable bonds is 6. The molecule has 8 nitrogen and oxygen atoms in total. The maximum atomic E-state index is 11.5. The van der Waals surface area contributed by atoms with Gasteiger partial charge in [0.05, 0.1) is 15.1 Å². The maximum absolute atomic E-state index is 11.5. The first kappa shape index (κ1) is 19.4. The molecule has 0 amide bonds. The molecule has 11 heteroatoms. The van der Waals surface area contributed by atoms with E-state index in [9.17, 15) is 8.42 Å². The summed E-state index contributed by atoms with van der Waals surface area (Å²) >= 11 is 3.05. The maximum Gasteiger partial charge on any atom is 0.238 e. The largest absolute Gasteiger partial charge is 0.359 e. The van der Waals surface area contributed by atoms with Crippen LogP contribution in [0.1, 0.15) is 19.3 Å². The first-order chi connectivity index (χ1) is 13.4. The molecule has 0 saturated heterocycles. The van der Waals surface area contributed by atoms with Crippen molar-refractivity contribution in [2.24, 2.45) is 5.14 Å². The topological polar surface area (TPSA) is 123 Å². The Balaban J connectivity index is 1.39. The molecule has 0 unspecified atom stereocenters. The Morgan fingerprint density at radius 2 is 1.89 bits per heavy atom. The third-order valence-electron chi connectivity index (χ3n) is 4.65. The lowest BCUT2D eigenvalue weighted by atomic mass is 10.2. The lowest BCUT2D eigenvalue weighted by Crippen LogP contribution is -2.21. The number of hydrogen-bond acceptors (Lipinski definition) is 9. The number of nitrogens with zero attached hydrogens (tertiary/aromatic N) is 3. The van der Waals surface area contributed by atoms with Crippen LogP contribution in [-0.2, 0) is 10.0 Å². The van der Waals surface area contributed by atoms with Crippen LogP contribution in [0.2, 0.25) is 0 Å². The Morgan fingerprint density at radius 1 is 1.18 bits per heavy atom. The normalized spacial score (nSPS) is 19.8. The molecule has 1 fully saturated rings. The zero-order valence-electron chi connectivity index (χ0n) is 15.1. The molecule has 1 aromatic carbocycles. The van der Waals surface area contributed by atoms with Crippen LogP contribution >= 0.6 is 23.1 Å². The van der Waals surface area contributed by atoms with Crippen molar-refractivity contribution in [3.05, 3.63) is 30.6 Å². The number of sulfonamides is 1. The minimum absolute atomic E-state index is 0.104. The molecule has 1 aliphatic rings. The SMILES string of the molecule is CSc1cnc(N[C@H]2CC[C@H](Nc3nc4ccc(S(N)(=O)=O)cc4s3)C2)nc1. The Morgan fingerprint density at radius 3 is 2.57 bits per heavy atom. The van der Waals surface area contributed by atoms with Crippen LogP contribution < -0.4 is 15.8 Å². The van der Waals surface area contributed by atoms with Gasteiger partial charge in [-0.1, -0.05) is 11.3 Å². The number of fused-ring (bicyclic) bond motifs is 1. The van der Waals surface area contributed by atoms with Crippen molar-refractivity contribution in [3.8, 4) is 0 Å². The lowest BCUT2D eigenvalue weighted by Gasteiger charge is -2.14. The molecular weight excluding hydrogens is 416 g/mol. The van der Waals surface area contributed by atoms with Crippen LogP contribution in [0.5, 0.6) is 0 Å². The molecule has 0 bridgehead atoms. The van der Waals surface area contributed by atoms with E-state index in [0.717, 1.165) is 39.5 Å². The van der Waals surface area contributed by atoms with Gasteiger partial charge in [0, 0.05) is 29.4 Å². The standard InChI is InChI=1S/C17H20N6O2S3/c1-26-12-8-19-16(20-9-12)21-10-2-3-11(6-10)22-17-23-14-5-4-13(28(18,24)25)7-15(14)27-17/h4-5,7-11H,2-3,6H2,1H3,(H,22,23)(H2,18,24,25)(H,19,20,21)/t10-,11-/m0/s1. The van der Waals surface area contributed by atoms with Crippen LogP contribution in [0.4, 0.5) is 11.1 Å². The second-order valence-electron chi connectivity index (χ2n) is 6.64. The van der Waals surface area contributed by atoms with Crippen molar-refractivity contribution in [3.63, 3.8) is 0 Å². The second-order valence-corrected chi connectivity index (χ2v) is 10.1. The van der Waals surface area contributed by atoms with E-state index in [0.29, 0.717) is 18.0 Å². The Labute approximate surface area is 171 Å². The second kappa shape index (κ2) is 7.82. The van der Waals surface area contributed by atoms with Crippen molar-refractivity contribution in [1.29, 1.82) is 0 Å². The zero-order valence-corrected chi connectivity index (χ0v) is 17.6. The van der Waals surface area contributed by atoms with Crippen molar-refractivity contribution < 1.29 is 8.42 Å². The summed E-state index contributed by atoms with van der Waals surface area (Å²) in [5.74, 6) is 0.652. The van der Waals surface area contributed by atoms with Crippen LogP contribution in [-0.4, -0.2) is 41.7 Å². The van der Waals surface area contributed by atoms with Crippen LogP contribution in [0, 0.1) is 0 Å². The average Bonchev–Trinajstić information content (AvgIpc) is 3.27. The van der Waals surface area contributed by atoms with Gasteiger partial charge in [-0.15, -0.1) is 11.8 Å². The molecule has 1 saturated carbocycles. The Kier molecular flexibility index (Phi) is 5.41. The van der Waals surface area contributed by atoms with E-state index in [-0.39, 0.29) is 4.90 Å². The fourth-order valence-electron chi connectivity index (χ4n) is 3.24. The summed E-state index contributed by atoms with van der Waals surface area (Å²) in [5.41, 5.74) is 0.759. The van der Waals surface area contributed by atoms with E-state index < -0.39 is 10.0 Å². The molecule has 0 aliphatic heterocycles. The zero-order chi connectivity index (χ0) is 19.7. The van der Waals surface area contributed by atoms with Crippen molar-refractivity contribution in [2.45, 2.75) is 41.1 Å². The summed E-state index contributed by atoms with van der Waals surface area (Å²) < 4.78 is 23.8. The van der Waals surface area contributed by atoms with Gasteiger partial charge in [0.25, 0.3) is 0 Å². The predicted octanol–water partition coefficient (Wildman–Crippen LogP) is 2.90. The molecule has 2 atom stereocenters. The third-order valence-corrected chi connectivity index (χ3v) is 7.19. The summed E-state index contributed by atoms with van der Waals surface area (Å²) in [4.78, 5) is 14.4. The first-order valence-corrected chi connectivity index (χ1v) is 12.3. The summed E-state index contributed by atoms with van der Waals surface area (Å²) in [5, 5.41) is 12.8. The minimum atomic E-state index is -3.71. The summed E-state index contributed by atoms with van der Waals surface area (Å²) in [6.45, 7) is 0. The van der Waals surface area contributed by atoms with Gasteiger partial charge in [0.1, 0.15) is 0 Å². The fourth-order valence-corrected chi connectivity index (χ4v) is 5.15. The van der Waals surface area contributed by atoms with Crippen LogP contribution in [0.25, 0.3) is 10.2 Å². The van der Waals surface area contributed by atoms with E-state index in [1.165, 1.54) is 17.4 Å². The number of thioether (sulfide) groups is 1. The molecule has 2 aromatic heterocycles. The quantitative estimate of drug-likeness (QED) is 0.504. The molecule has 4 rings (SSSR count). The van der Waals surface area contributed by atoms with Gasteiger partial charge in [0.2, 0.25) is 16.0 Å². The molecule has 4 N–H and O–H groups in total. The molecule has 28 heavy (non-hydrogen) atoms. The molecule has 148 valence electrons. The van der Waals surface area contributed by atoms with Gasteiger partial charge >= 0.3 is 0 Å². The average molecular weight is 437 g/mol. The Bertz CT molecular complexity index is 1080. The van der Waals surface area contributed by atoms with Gasteiger partial charge < -0.3 is 10.6 Å². The highest BCUT2D eigenvalue weighted by Crippen LogP contribution is 2.31. The predicted molar refractivity (Wildman–Crippen MR) is 113 cm³/mol. The summed E-state index contributed by atoms with van der Waals surface area (Å²) in [6, 6.07) is 5.34. The summed E-state index contributed by atoms with van der Waals surface area (Å²) in [6.07, 6.45) is 8.61. The highest BCUT2D eigenvalue weighted by atomic mass is 32.2. The number of thiazole rings is 1. The van der Waals surface area contributed by atoms with E-state index in [4.69, 9.17) is 5.14 Å². The van der Waals surface area contributed by atoms with E-state index >= 15 is 0 Å². The van der Waals surface area contributed by atoms with Crippen molar-refractivity contribution in [2.75, 3.05) is 16.9 Å². The number of primary sulfonamides is 1. The summed E-state index contributed by atoms with van der Waals surface area (Å²) in [7, 11) is -3.71. The van der Waals surface area contributed by atoms with Gasteiger partial charge in [-0.05, 0) is 43.7 Å². The molecule has 1 aliphatic carbocycles. The smallest absolute Gasteiger partial charge is 0.238 e. The van der Waals surface area contributed by atoms with E-state index in [1.807, 2.05) is 18.6 Å². The van der Waals surface area contributed by atoms with Gasteiger partial charge in [-0.3, -0.25) is 0 Å². The van der Waals surface area contributed by atoms with E-state index in [1.54, 1.807) is 23.9 Å². The minimum Gasteiger partial charge on any atom is -0.359 e. The number of nitrogens with one attached hydrogen (secondary N) is 2.